The minimum Gasteiger partial charge on any atom is -0.481 e. The average molecular weight is 271 g/mol. The predicted octanol–water partition coefficient (Wildman–Crippen LogP) is 0.785. The lowest BCUT2D eigenvalue weighted by atomic mass is 10.1. The van der Waals surface area contributed by atoms with E-state index in [0.717, 1.165) is 13.1 Å². The maximum Gasteiger partial charge on any atom is 0.320 e. The summed E-state index contributed by atoms with van der Waals surface area (Å²) in [6.45, 7) is 6.31. The molecule has 2 amide bonds. The smallest absolute Gasteiger partial charge is 0.320 e. The number of urea groups is 1. The fourth-order valence-corrected chi connectivity index (χ4v) is 2.60. The van der Waals surface area contributed by atoms with Gasteiger partial charge in [0, 0.05) is 32.2 Å². The van der Waals surface area contributed by atoms with Crippen molar-refractivity contribution in [1.82, 2.24) is 14.7 Å². The zero-order chi connectivity index (χ0) is 14.6. The van der Waals surface area contributed by atoms with E-state index in [1.807, 2.05) is 25.9 Å². The summed E-state index contributed by atoms with van der Waals surface area (Å²) in [6, 6.07) is 0.335. The maximum absolute atomic E-state index is 12.3. The quantitative estimate of drug-likeness (QED) is 0.803. The van der Waals surface area contributed by atoms with Crippen LogP contribution in [0.5, 0.6) is 0 Å². The minimum atomic E-state index is -0.868. The third kappa shape index (κ3) is 4.09. The normalized spacial score (nSPS) is 22.9. The van der Waals surface area contributed by atoms with E-state index in [4.69, 9.17) is 5.11 Å². The van der Waals surface area contributed by atoms with E-state index >= 15 is 0 Å². The number of carboxylic acid groups (broad SMARTS) is 1. The third-order valence-electron chi connectivity index (χ3n) is 3.75. The van der Waals surface area contributed by atoms with Gasteiger partial charge in [0.1, 0.15) is 0 Å². The second kappa shape index (κ2) is 6.75. The first kappa shape index (κ1) is 15.8. The predicted molar refractivity (Wildman–Crippen MR) is 73.1 cm³/mol. The van der Waals surface area contributed by atoms with E-state index in [-0.39, 0.29) is 19.0 Å². The standard InChI is InChI=1S/C13H25N3O3/c1-5-15(7-6-12(17)18)13(19)16-8-10(2)11(9-16)14(3)4/h10-11H,5-9H2,1-4H3,(H,17,18). The van der Waals surface area contributed by atoms with E-state index in [2.05, 4.69) is 11.8 Å². The minimum absolute atomic E-state index is 0.0000820. The number of hydrogen-bond donors (Lipinski definition) is 1. The summed E-state index contributed by atoms with van der Waals surface area (Å²) in [4.78, 5) is 28.5. The summed E-state index contributed by atoms with van der Waals surface area (Å²) in [5.74, 6) is -0.427. The Morgan fingerprint density at radius 3 is 2.37 bits per heavy atom. The Labute approximate surface area is 115 Å². The van der Waals surface area contributed by atoms with Gasteiger partial charge in [-0.25, -0.2) is 4.79 Å². The van der Waals surface area contributed by atoms with Gasteiger partial charge in [0.05, 0.1) is 6.42 Å². The average Bonchev–Trinajstić information content (AvgIpc) is 2.71. The molecule has 1 aliphatic heterocycles. The Kier molecular flexibility index (Phi) is 5.60. The molecule has 1 saturated heterocycles. The number of nitrogens with zero attached hydrogens (tertiary/aromatic N) is 3. The summed E-state index contributed by atoms with van der Waals surface area (Å²) in [5, 5.41) is 8.70. The summed E-state index contributed by atoms with van der Waals surface area (Å²) in [5.41, 5.74) is 0. The number of amides is 2. The number of likely N-dealkylation sites (N-methyl/N-ethyl adjacent to an activating group) is 1. The van der Waals surface area contributed by atoms with E-state index in [9.17, 15) is 9.59 Å². The van der Waals surface area contributed by atoms with Crippen LogP contribution < -0.4 is 0 Å². The zero-order valence-electron chi connectivity index (χ0n) is 12.3. The number of hydrogen-bond acceptors (Lipinski definition) is 3. The number of rotatable bonds is 5. The van der Waals surface area contributed by atoms with Crippen LogP contribution in [0.3, 0.4) is 0 Å². The van der Waals surface area contributed by atoms with Crippen LogP contribution >= 0.6 is 0 Å². The monoisotopic (exact) mass is 271 g/mol. The van der Waals surface area contributed by atoms with Crippen molar-refractivity contribution in [2.75, 3.05) is 40.3 Å². The number of carboxylic acids is 1. The molecule has 2 unspecified atom stereocenters. The lowest BCUT2D eigenvalue weighted by molar-refractivity contribution is -0.137. The molecule has 6 heteroatoms. The van der Waals surface area contributed by atoms with Crippen molar-refractivity contribution < 1.29 is 14.7 Å². The van der Waals surface area contributed by atoms with Gasteiger partial charge in [0.2, 0.25) is 0 Å². The van der Waals surface area contributed by atoms with Gasteiger partial charge < -0.3 is 19.8 Å². The molecule has 0 spiro atoms. The third-order valence-corrected chi connectivity index (χ3v) is 3.75. The number of likely N-dealkylation sites (tertiary alicyclic amines) is 1. The van der Waals surface area contributed by atoms with Gasteiger partial charge >= 0.3 is 12.0 Å². The van der Waals surface area contributed by atoms with Crippen LogP contribution in [0.2, 0.25) is 0 Å². The topological polar surface area (TPSA) is 64.1 Å². The highest BCUT2D eigenvalue weighted by molar-refractivity contribution is 5.76. The molecule has 0 aromatic heterocycles. The van der Waals surface area contributed by atoms with Crippen LogP contribution in [0.25, 0.3) is 0 Å². The Morgan fingerprint density at radius 1 is 1.32 bits per heavy atom. The maximum atomic E-state index is 12.3. The van der Waals surface area contributed by atoms with Crippen LogP contribution in [-0.2, 0) is 4.79 Å². The molecule has 0 aromatic carbocycles. The fourth-order valence-electron chi connectivity index (χ4n) is 2.60. The molecule has 6 nitrogen and oxygen atoms in total. The van der Waals surface area contributed by atoms with Crippen molar-refractivity contribution in [2.45, 2.75) is 26.3 Å². The fraction of sp³-hybridized carbons (Fsp3) is 0.846. The molecule has 1 N–H and O–H groups in total. The lowest BCUT2D eigenvalue weighted by Gasteiger charge is -2.27. The van der Waals surface area contributed by atoms with Crippen molar-refractivity contribution in [3.63, 3.8) is 0 Å². The molecule has 0 saturated carbocycles. The first-order valence-corrected chi connectivity index (χ1v) is 6.78. The lowest BCUT2D eigenvalue weighted by Crippen LogP contribution is -2.44. The molecule has 0 aromatic rings. The number of carbonyl (C=O) groups is 2. The highest BCUT2D eigenvalue weighted by Crippen LogP contribution is 2.21. The van der Waals surface area contributed by atoms with E-state index in [1.165, 1.54) is 0 Å². The van der Waals surface area contributed by atoms with Gasteiger partial charge in [-0.2, -0.15) is 0 Å². The molecule has 110 valence electrons. The molecule has 1 heterocycles. The Bertz CT molecular complexity index is 333. The molecular formula is C13H25N3O3. The molecule has 0 bridgehead atoms. The second-order valence-electron chi connectivity index (χ2n) is 5.42. The summed E-state index contributed by atoms with van der Waals surface area (Å²) in [6.07, 6.45) is 0.0000820. The van der Waals surface area contributed by atoms with Crippen molar-refractivity contribution in [2.24, 2.45) is 5.92 Å². The Hall–Kier alpha value is -1.30. The van der Waals surface area contributed by atoms with Gasteiger partial charge in [-0.15, -0.1) is 0 Å². The number of aliphatic carboxylic acids is 1. The van der Waals surface area contributed by atoms with E-state index in [1.54, 1.807) is 4.90 Å². The molecule has 1 rings (SSSR count). The Morgan fingerprint density at radius 2 is 1.95 bits per heavy atom. The molecule has 0 aliphatic carbocycles. The molecular weight excluding hydrogens is 246 g/mol. The molecule has 0 radical (unpaired) electrons. The van der Waals surface area contributed by atoms with Gasteiger partial charge in [-0.1, -0.05) is 6.92 Å². The van der Waals surface area contributed by atoms with Gasteiger partial charge in [-0.3, -0.25) is 4.79 Å². The first-order valence-electron chi connectivity index (χ1n) is 6.78. The summed E-state index contributed by atoms with van der Waals surface area (Å²) < 4.78 is 0. The molecule has 1 aliphatic rings. The highest BCUT2D eigenvalue weighted by Gasteiger charge is 2.35. The first-order chi connectivity index (χ1) is 8.86. The highest BCUT2D eigenvalue weighted by atomic mass is 16.4. The van der Waals surface area contributed by atoms with Crippen LogP contribution in [0.1, 0.15) is 20.3 Å². The molecule has 2 atom stereocenters. The van der Waals surface area contributed by atoms with Crippen molar-refractivity contribution >= 4 is 12.0 Å². The van der Waals surface area contributed by atoms with E-state index in [0.29, 0.717) is 18.5 Å². The van der Waals surface area contributed by atoms with Gasteiger partial charge in [-0.05, 0) is 26.9 Å². The SMILES string of the molecule is CCN(CCC(=O)O)C(=O)N1CC(C)C(N(C)C)C1. The van der Waals surface area contributed by atoms with Crippen molar-refractivity contribution in [3.8, 4) is 0 Å². The molecule has 19 heavy (non-hydrogen) atoms. The van der Waals surface area contributed by atoms with Gasteiger partial charge in [0.25, 0.3) is 0 Å². The van der Waals surface area contributed by atoms with Gasteiger partial charge in [0.15, 0.2) is 0 Å². The second-order valence-corrected chi connectivity index (χ2v) is 5.42. The van der Waals surface area contributed by atoms with Crippen LogP contribution in [0.15, 0.2) is 0 Å². The van der Waals surface area contributed by atoms with Crippen molar-refractivity contribution in [1.29, 1.82) is 0 Å². The zero-order valence-corrected chi connectivity index (χ0v) is 12.3. The molecule has 1 fully saturated rings. The van der Waals surface area contributed by atoms with E-state index < -0.39 is 5.97 Å². The van der Waals surface area contributed by atoms with Crippen LogP contribution in [-0.4, -0.2) is 78.1 Å². The van der Waals surface area contributed by atoms with Crippen LogP contribution in [0, 0.1) is 5.92 Å². The largest absolute Gasteiger partial charge is 0.481 e. The van der Waals surface area contributed by atoms with Crippen LogP contribution in [0.4, 0.5) is 4.79 Å². The summed E-state index contributed by atoms with van der Waals surface area (Å²) >= 11 is 0. The number of carbonyl (C=O) groups excluding carboxylic acids is 1. The summed E-state index contributed by atoms with van der Waals surface area (Å²) in [7, 11) is 4.05. The van der Waals surface area contributed by atoms with Crippen molar-refractivity contribution in [3.05, 3.63) is 0 Å². The Balaban J connectivity index is 2.59.